The number of carbonyl (C=O) groups is 1. The number of rotatable bonds is 5. The fourth-order valence-electron chi connectivity index (χ4n) is 2.84. The zero-order chi connectivity index (χ0) is 19.7. The molecule has 2 heterocycles. The number of hydrogen-bond donors (Lipinski definition) is 1. The summed E-state index contributed by atoms with van der Waals surface area (Å²) in [6.07, 6.45) is 0. The van der Waals surface area contributed by atoms with Gasteiger partial charge >= 0.3 is 0 Å². The van der Waals surface area contributed by atoms with Gasteiger partial charge in [0, 0.05) is 7.05 Å². The quantitative estimate of drug-likeness (QED) is 0.679. The molecule has 8 nitrogen and oxygen atoms in total. The first-order valence-corrected chi connectivity index (χ1v) is 9.49. The molecule has 1 aromatic carbocycles. The van der Waals surface area contributed by atoms with Crippen molar-refractivity contribution in [2.45, 2.75) is 45.0 Å². The SMILES string of the molecule is Cc1ccc(-n2nnnc2S[C@@H](C)C(=O)Nc2c(C)nn(C)c2C)c(C)c1. The Kier molecular flexibility index (Phi) is 5.31. The number of nitrogens with zero attached hydrogens (tertiary/aromatic N) is 6. The first-order valence-electron chi connectivity index (χ1n) is 8.61. The van der Waals surface area contributed by atoms with Crippen LogP contribution in [0.15, 0.2) is 23.4 Å². The highest BCUT2D eigenvalue weighted by Crippen LogP contribution is 2.26. The van der Waals surface area contributed by atoms with E-state index in [0.717, 1.165) is 28.3 Å². The molecule has 0 unspecified atom stereocenters. The summed E-state index contributed by atoms with van der Waals surface area (Å²) in [5, 5.41) is 19.5. The van der Waals surface area contributed by atoms with E-state index in [-0.39, 0.29) is 11.2 Å². The summed E-state index contributed by atoms with van der Waals surface area (Å²) >= 11 is 1.32. The third-order valence-electron chi connectivity index (χ3n) is 4.43. The fourth-order valence-corrected chi connectivity index (χ4v) is 3.64. The van der Waals surface area contributed by atoms with E-state index >= 15 is 0 Å². The number of benzene rings is 1. The van der Waals surface area contributed by atoms with Gasteiger partial charge in [-0.1, -0.05) is 29.5 Å². The Balaban J connectivity index is 1.78. The van der Waals surface area contributed by atoms with Gasteiger partial charge < -0.3 is 5.32 Å². The van der Waals surface area contributed by atoms with Crippen LogP contribution in [-0.2, 0) is 11.8 Å². The van der Waals surface area contributed by atoms with Crippen LogP contribution in [-0.4, -0.2) is 41.1 Å². The Labute approximate surface area is 162 Å². The second-order valence-corrected chi connectivity index (χ2v) is 7.89. The van der Waals surface area contributed by atoms with Crippen LogP contribution >= 0.6 is 11.8 Å². The summed E-state index contributed by atoms with van der Waals surface area (Å²) in [5.74, 6) is -0.116. The van der Waals surface area contributed by atoms with Crippen molar-refractivity contribution in [1.82, 2.24) is 30.0 Å². The number of carbonyl (C=O) groups excluding carboxylic acids is 1. The molecule has 1 amide bonds. The molecular formula is C18H23N7OS. The van der Waals surface area contributed by atoms with Gasteiger partial charge in [-0.15, -0.1) is 5.10 Å². The zero-order valence-electron chi connectivity index (χ0n) is 16.3. The Hall–Kier alpha value is -2.68. The van der Waals surface area contributed by atoms with Crippen molar-refractivity contribution in [1.29, 1.82) is 0 Å². The monoisotopic (exact) mass is 385 g/mol. The minimum Gasteiger partial charge on any atom is -0.322 e. The average molecular weight is 385 g/mol. The van der Waals surface area contributed by atoms with E-state index in [4.69, 9.17) is 0 Å². The van der Waals surface area contributed by atoms with Crippen molar-refractivity contribution in [3.05, 3.63) is 40.7 Å². The maximum Gasteiger partial charge on any atom is 0.237 e. The van der Waals surface area contributed by atoms with Gasteiger partial charge in [-0.05, 0) is 56.7 Å². The molecule has 0 aliphatic carbocycles. The Morgan fingerprint density at radius 2 is 1.96 bits per heavy atom. The molecule has 2 aromatic heterocycles. The molecular weight excluding hydrogens is 362 g/mol. The van der Waals surface area contributed by atoms with E-state index in [9.17, 15) is 4.79 Å². The highest BCUT2D eigenvalue weighted by atomic mass is 32.2. The molecule has 0 fully saturated rings. The molecule has 0 bridgehead atoms. The van der Waals surface area contributed by atoms with E-state index in [0.29, 0.717) is 5.16 Å². The molecule has 0 aliphatic heterocycles. The lowest BCUT2D eigenvalue weighted by atomic mass is 10.1. The molecule has 0 spiro atoms. The number of amides is 1. The lowest BCUT2D eigenvalue weighted by molar-refractivity contribution is -0.115. The maximum absolute atomic E-state index is 12.7. The summed E-state index contributed by atoms with van der Waals surface area (Å²) < 4.78 is 3.42. The van der Waals surface area contributed by atoms with Crippen LogP contribution in [0.25, 0.3) is 5.69 Å². The number of aromatic nitrogens is 6. The lowest BCUT2D eigenvalue weighted by Crippen LogP contribution is -2.23. The van der Waals surface area contributed by atoms with Gasteiger partial charge in [0.15, 0.2) is 0 Å². The number of anilines is 1. The number of nitrogens with one attached hydrogen (secondary N) is 1. The summed E-state index contributed by atoms with van der Waals surface area (Å²) in [4.78, 5) is 12.7. The summed E-state index contributed by atoms with van der Waals surface area (Å²) in [5.41, 5.74) is 5.61. The third-order valence-corrected chi connectivity index (χ3v) is 5.46. The summed E-state index contributed by atoms with van der Waals surface area (Å²) in [6, 6.07) is 6.08. The van der Waals surface area contributed by atoms with Gasteiger partial charge in [-0.25, -0.2) is 0 Å². The van der Waals surface area contributed by atoms with E-state index in [1.807, 2.05) is 53.8 Å². The van der Waals surface area contributed by atoms with Gasteiger partial charge in [-0.3, -0.25) is 9.48 Å². The molecule has 1 N–H and O–H groups in total. The van der Waals surface area contributed by atoms with Gasteiger partial charge in [0.25, 0.3) is 0 Å². The molecule has 0 saturated heterocycles. The van der Waals surface area contributed by atoms with Crippen LogP contribution in [0.1, 0.15) is 29.4 Å². The van der Waals surface area contributed by atoms with Crippen molar-refractivity contribution in [3.8, 4) is 5.69 Å². The summed E-state index contributed by atoms with van der Waals surface area (Å²) in [7, 11) is 1.86. The summed E-state index contributed by atoms with van der Waals surface area (Å²) in [6.45, 7) is 9.70. The minimum atomic E-state index is -0.375. The first kappa shape index (κ1) is 19.1. The fraction of sp³-hybridized carbons (Fsp3) is 0.389. The highest BCUT2D eigenvalue weighted by Gasteiger charge is 2.22. The predicted molar refractivity (Wildman–Crippen MR) is 105 cm³/mol. The Bertz CT molecular complexity index is 992. The minimum absolute atomic E-state index is 0.116. The molecule has 27 heavy (non-hydrogen) atoms. The first-order chi connectivity index (χ1) is 12.8. The second kappa shape index (κ2) is 7.51. The van der Waals surface area contributed by atoms with E-state index in [2.05, 4.69) is 32.0 Å². The van der Waals surface area contributed by atoms with Crippen molar-refractivity contribution in [2.24, 2.45) is 7.05 Å². The Morgan fingerprint density at radius 3 is 2.59 bits per heavy atom. The number of aryl methyl sites for hydroxylation is 4. The van der Waals surface area contributed by atoms with Crippen LogP contribution in [0, 0.1) is 27.7 Å². The van der Waals surface area contributed by atoms with Gasteiger partial charge in [-0.2, -0.15) is 9.78 Å². The maximum atomic E-state index is 12.7. The van der Waals surface area contributed by atoms with Crippen molar-refractivity contribution in [2.75, 3.05) is 5.32 Å². The third kappa shape index (κ3) is 3.87. The molecule has 0 aliphatic rings. The normalized spacial score (nSPS) is 12.2. The topological polar surface area (TPSA) is 90.5 Å². The zero-order valence-corrected chi connectivity index (χ0v) is 17.1. The highest BCUT2D eigenvalue weighted by molar-refractivity contribution is 8.00. The lowest BCUT2D eigenvalue weighted by Gasteiger charge is -2.13. The number of hydrogen-bond acceptors (Lipinski definition) is 6. The van der Waals surface area contributed by atoms with Gasteiger partial charge in [0.2, 0.25) is 11.1 Å². The van der Waals surface area contributed by atoms with Crippen LogP contribution in [0.3, 0.4) is 0 Å². The largest absolute Gasteiger partial charge is 0.322 e. The molecule has 9 heteroatoms. The standard InChI is InChI=1S/C18H23N7OS/c1-10-7-8-15(11(2)9-10)25-18(20-22-23-25)27-14(5)17(26)19-16-12(3)21-24(6)13(16)4/h7-9,14H,1-6H3,(H,19,26)/t14-/m0/s1. The van der Waals surface area contributed by atoms with Crippen LogP contribution in [0.2, 0.25) is 0 Å². The van der Waals surface area contributed by atoms with Crippen LogP contribution in [0.5, 0.6) is 0 Å². The average Bonchev–Trinajstić information content (AvgIpc) is 3.14. The Morgan fingerprint density at radius 1 is 1.22 bits per heavy atom. The van der Waals surface area contributed by atoms with Crippen LogP contribution < -0.4 is 5.32 Å². The van der Waals surface area contributed by atoms with Crippen molar-refractivity contribution in [3.63, 3.8) is 0 Å². The van der Waals surface area contributed by atoms with Crippen LogP contribution in [0.4, 0.5) is 5.69 Å². The van der Waals surface area contributed by atoms with Crippen molar-refractivity contribution < 1.29 is 4.79 Å². The molecule has 0 radical (unpaired) electrons. The number of tetrazole rings is 1. The molecule has 0 saturated carbocycles. The molecule has 3 rings (SSSR count). The molecule has 142 valence electrons. The molecule has 3 aromatic rings. The second-order valence-electron chi connectivity index (χ2n) is 6.58. The molecule has 1 atom stereocenters. The predicted octanol–water partition coefficient (Wildman–Crippen LogP) is 2.75. The van der Waals surface area contributed by atoms with Gasteiger partial charge in [0.05, 0.1) is 28.0 Å². The van der Waals surface area contributed by atoms with E-state index in [1.165, 1.54) is 17.3 Å². The van der Waals surface area contributed by atoms with E-state index in [1.54, 1.807) is 9.36 Å². The van der Waals surface area contributed by atoms with Crippen molar-refractivity contribution >= 4 is 23.4 Å². The number of thioether (sulfide) groups is 1. The van der Waals surface area contributed by atoms with E-state index < -0.39 is 0 Å². The van der Waals surface area contributed by atoms with Gasteiger partial charge in [0.1, 0.15) is 0 Å². The smallest absolute Gasteiger partial charge is 0.237 e.